The van der Waals surface area contributed by atoms with Crippen LogP contribution < -0.4 is 0 Å². The first-order valence-electron chi connectivity index (χ1n) is 10.2. The molecule has 0 aromatic carbocycles. The van der Waals surface area contributed by atoms with E-state index in [0.29, 0.717) is 29.9 Å². The van der Waals surface area contributed by atoms with Gasteiger partial charge in [0.25, 0.3) is 0 Å². The molecule has 0 heterocycles. The van der Waals surface area contributed by atoms with Crippen LogP contribution >= 0.6 is 0 Å². The van der Waals surface area contributed by atoms with Crippen molar-refractivity contribution in [1.82, 2.24) is 0 Å². The third-order valence-corrected chi connectivity index (χ3v) is 4.32. The maximum absolute atomic E-state index is 11.9. The fourth-order valence-corrected chi connectivity index (χ4v) is 2.64. The maximum atomic E-state index is 11.9. The van der Waals surface area contributed by atoms with Crippen molar-refractivity contribution < 1.29 is 19.1 Å². The van der Waals surface area contributed by atoms with E-state index in [1.54, 1.807) is 20.8 Å². The molecule has 4 heteroatoms. The van der Waals surface area contributed by atoms with Gasteiger partial charge in [-0.05, 0) is 27.2 Å². The highest BCUT2D eigenvalue weighted by Gasteiger charge is 2.16. The number of ether oxygens (including phenoxy) is 2. The zero-order valence-electron chi connectivity index (χ0n) is 17.3. The van der Waals surface area contributed by atoms with E-state index in [-0.39, 0.29) is 0 Å². The van der Waals surface area contributed by atoms with E-state index in [9.17, 15) is 9.59 Å². The second kappa shape index (κ2) is 15.7. The summed E-state index contributed by atoms with van der Waals surface area (Å²) in [4.78, 5) is 23.7. The SMILES string of the molecule is C=C(C)C(=O)OC(CCCCCCCCCCCC)=C(C)C(=O)OCC. The van der Waals surface area contributed by atoms with Gasteiger partial charge in [-0.3, -0.25) is 0 Å². The Morgan fingerprint density at radius 3 is 1.73 bits per heavy atom. The summed E-state index contributed by atoms with van der Waals surface area (Å²) in [5.74, 6) is -0.504. The molecule has 0 N–H and O–H groups in total. The Labute approximate surface area is 160 Å². The molecule has 0 saturated heterocycles. The van der Waals surface area contributed by atoms with E-state index in [1.807, 2.05) is 0 Å². The molecular weight excluding hydrogens is 328 g/mol. The van der Waals surface area contributed by atoms with Crippen molar-refractivity contribution in [3.8, 4) is 0 Å². The third-order valence-electron chi connectivity index (χ3n) is 4.32. The van der Waals surface area contributed by atoms with Gasteiger partial charge in [-0.1, -0.05) is 71.3 Å². The normalized spacial score (nSPS) is 11.7. The van der Waals surface area contributed by atoms with Gasteiger partial charge in [0.15, 0.2) is 0 Å². The van der Waals surface area contributed by atoms with Crippen molar-refractivity contribution in [2.45, 2.75) is 98.3 Å². The molecule has 0 aromatic heterocycles. The lowest BCUT2D eigenvalue weighted by Crippen LogP contribution is -2.13. The van der Waals surface area contributed by atoms with E-state index in [2.05, 4.69) is 13.5 Å². The largest absolute Gasteiger partial charge is 0.463 e. The second-order valence-corrected chi connectivity index (χ2v) is 6.87. The quantitative estimate of drug-likeness (QED) is 0.149. The van der Waals surface area contributed by atoms with Crippen LogP contribution in [0.2, 0.25) is 0 Å². The minimum Gasteiger partial charge on any atom is -0.463 e. The van der Waals surface area contributed by atoms with E-state index < -0.39 is 11.9 Å². The van der Waals surface area contributed by atoms with E-state index in [4.69, 9.17) is 9.47 Å². The van der Waals surface area contributed by atoms with Gasteiger partial charge in [0.1, 0.15) is 5.76 Å². The van der Waals surface area contributed by atoms with Crippen molar-refractivity contribution in [2.24, 2.45) is 0 Å². The van der Waals surface area contributed by atoms with Crippen molar-refractivity contribution in [2.75, 3.05) is 6.61 Å². The van der Waals surface area contributed by atoms with Gasteiger partial charge in [-0.2, -0.15) is 0 Å². The molecule has 26 heavy (non-hydrogen) atoms. The minimum atomic E-state index is -0.490. The number of unbranched alkanes of at least 4 members (excludes halogenated alkanes) is 9. The Balaban J connectivity index is 4.27. The lowest BCUT2D eigenvalue weighted by molar-refractivity contribution is -0.139. The van der Waals surface area contributed by atoms with Crippen molar-refractivity contribution in [1.29, 1.82) is 0 Å². The number of carbonyl (C=O) groups is 2. The number of carbonyl (C=O) groups excluding carboxylic acids is 2. The Hall–Kier alpha value is -1.58. The molecule has 0 rings (SSSR count). The van der Waals surface area contributed by atoms with Gasteiger partial charge in [-0.15, -0.1) is 0 Å². The molecule has 0 amide bonds. The molecule has 0 aliphatic carbocycles. The average molecular weight is 367 g/mol. The zero-order chi connectivity index (χ0) is 19.8. The van der Waals surface area contributed by atoms with Crippen LogP contribution in [0.4, 0.5) is 0 Å². The Morgan fingerprint density at radius 2 is 1.27 bits per heavy atom. The minimum absolute atomic E-state index is 0.302. The predicted octanol–water partition coefficient (Wildman–Crippen LogP) is 6.25. The molecule has 4 nitrogen and oxygen atoms in total. The summed E-state index contributed by atoms with van der Waals surface area (Å²) in [6, 6.07) is 0. The third kappa shape index (κ3) is 11.9. The fraction of sp³-hybridized carbons (Fsp3) is 0.727. The van der Waals surface area contributed by atoms with E-state index in [0.717, 1.165) is 12.8 Å². The number of allylic oxidation sites excluding steroid dienone is 1. The number of esters is 2. The molecule has 0 saturated carbocycles. The molecule has 0 radical (unpaired) electrons. The molecular formula is C22H38O4. The average Bonchev–Trinajstić information content (AvgIpc) is 2.61. The van der Waals surface area contributed by atoms with Crippen LogP contribution in [0.1, 0.15) is 98.3 Å². The van der Waals surface area contributed by atoms with E-state index >= 15 is 0 Å². The Bertz CT molecular complexity index is 463. The highest BCUT2D eigenvalue weighted by atomic mass is 16.5. The fourth-order valence-electron chi connectivity index (χ4n) is 2.64. The summed E-state index contributed by atoms with van der Waals surface area (Å²) in [5, 5.41) is 0. The van der Waals surface area contributed by atoms with Gasteiger partial charge in [0.2, 0.25) is 0 Å². The highest BCUT2D eigenvalue weighted by Crippen LogP contribution is 2.19. The van der Waals surface area contributed by atoms with Gasteiger partial charge < -0.3 is 9.47 Å². The lowest BCUT2D eigenvalue weighted by Gasteiger charge is -2.12. The topological polar surface area (TPSA) is 52.6 Å². The zero-order valence-corrected chi connectivity index (χ0v) is 17.3. The monoisotopic (exact) mass is 366 g/mol. The Morgan fingerprint density at radius 1 is 0.769 bits per heavy atom. The van der Waals surface area contributed by atoms with Crippen LogP contribution in [0, 0.1) is 0 Å². The second-order valence-electron chi connectivity index (χ2n) is 6.87. The first-order valence-corrected chi connectivity index (χ1v) is 10.2. The lowest BCUT2D eigenvalue weighted by atomic mass is 10.0. The Kier molecular flexibility index (Phi) is 14.7. The summed E-state index contributed by atoms with van der Waals surface area (Å²) in [5.41, 5.74) is 0.694. The maximum Gasteiger partial charge on any atom is 0.338 e. The molecule has 0 unspecified atom stereocenters. The molecule has 0 bridgehead atoms. The molecule has 0 atom stereocenters. The van der Waals surface area contributed by atoms with Gasteiger partial charge in [0.05, 0.1) is 12.2 Å². The summed E-state index contributed by atoms with van der Waals surface area (Å²) in [6.45, 7) is 11.1. The number of rotatable bonds is 15. The molecule has 0 aromatic rings. The molecule has 0 aliphatic heterocycles. The van der Waals surface area contributed by atoms with Crippen LogP contribution in [0.3, 0.4) is 0 Å². The van der Waals surface area contributed by atoms with Gasteiger partial charge >= 0.3 is 11.9 Å². The van der Waals surface area contributed by atoms with Crippen LogP contribution in [-0.4, -0.2) is 18.5 Å². The number of hydrogen-bond acceptors (Lipinski definition) is 4. The first kappa shape index (κ1) is 24.4. The molecule has 0 fully saturated rings. The summed E-state index contributed by atoms with van der Waals surface area (Å²) in [6.07, 6.45) is 12.9. The van der Waals surface area contributed by atoms with Gasteiger partial charge in [0, 0.05) is 12.0 Å². The summed E-state index contributed by atoms with van der Waals surface area (Å²) < 4.78 is 10.4. The summed E-state index contributed by atoms with van der Waals surface area (Å²) >= 11 is 0. The van der Waals surface area contributed by atoms with Crippen LogP contribution in [0.5, 0.6) is 0 Å². The van der Waals surface area contributed by atoms with E-state index in [1.165, 1.54) is 51.4 Å². The van der Waals surface area contributed by atoms with Crippen LogP contribution in [0.15, 0.2) is 23.5 Å². The van der Waals surface area contributed by atoms with Crippen molar-refractivity contribution in [3.63, 3.8) is 0 Å². The smallest absolute Gasteiger partial charge is 0.338 e. The van der Waals surface area contributed by atoms with Crippen molar-refractivity contribution >= 4 is 11.9 Å². The first-order chi connectivity index (χ1) is 12.4. The predicted molar refractivity (Wildman–Crippen MR) is 107 cm³/mol. The van der Waals surface area contributed by atoms with Crippen LogP contribution in [-0.2, 0) is 19.1 Å². The molecule has 150 valence electrons. The molecule has 0 aliphatic rings. The standard InChI is InChI=1S/C22H38O4/c1-6-8-9-10-11-12-13-14-15-16-17-20(26-21(23)18(3)4)19(5)22(24)25-7-2/h3,6-17H2,1-2,4-5H3. The van der Waals surface area contributed by atoms with Crippen LogP contribution in [0.25, 0.3) is 0 Å². The molecule has 0 spiro atoms. The number of hydrogen-bond donors (Lipinski definition) is 0. The highest BCUT2D eigenvalue weighted by molar-refractivity contribution is 5.91. The van der Waals surface area contributed by atoms with Gasteiger partial charge in [-0.25, -0.2) is 9.59 Å². The summed E-state index contributed by atoms with van der Waals surface area (Å²) in [7, 11) is 0. The van der Waals surface area contributed by atoms with Crippen molar-refractivity contribution in [3.05, 3.63) is 23.5 Å².